The lowest BCUT2D eigenvalue weighted by atomic mass is 10.0. The molecule has 8 heteroatoms. The third kappa shape index (κ3) is 5.66. The van der Waals surface area contributed by atoms with Crippen LogP contribution < -0.4 is 4.72 Å². The first-order chi connectivity index (χ1) is 15.2. The van der Waals surface area contributed by atoms with Gasteiger partial charge in [0.1, 0.15) is 0 Å². The van der Waals surface area contributed by atoms with Crippen molar-refractivity contribution in [2.75, 3.05) is 13.2 Å². The smallest absolute Gasteiger partial charge is 0.336 e. The van der Waals surface area contributed by atoms with Crippen molar-refractivity contribution in [2.24, 2.45) is 0 Å². The van der Waals surface area contributed by atoms with E-state index < -0.39 is 16.0 Å². The molecule has 0 fully saturated rings. The van der Waals surface area contributed by atoms with Gasteiger partial charge in [-0.3, -0.25) is 0 Å². The van der Waals surface area contributed by atoms with Crippen molar-refractivity contribution in [1.29, 1.82) is 0 Å². The molecule has 2 aliphatic carbocycles. The molecule has 170 valence electrons. The number of aromatic carboxylic acids is 1. The van der Waals surface area contributed by atoms with Gasteiger partial charge in [0.15, 0.2) is 0 Å². The van der Waals surface area contributed by atoms with Gasteiger partial charge in [-0.25, -0.2) is 17.9 Å². The summed E-state index contributed by atoms with van der Waals surface area (Å²) in [5.41, 5.74) is 3.62. The number of rotatable bonds is 10. The third-order valence-electron chi connectivity index (χ3n) is 5.49. The number of sulfonamides is 1. The van der Waals surface area contributed by atoms with Crippen LogP contribution in [0.3, 0.4) is 0 Å². The summed E-state index contributed by atoms with van der Waals surface area (Å²) in [5, 5.41) is 19.5. The molecule has 32 heavy (non-hydrogen) atoms. The average Bonchev–Trinajstić information content (AvgIpc) is 2.96. The normalized spacial score (nSPS) is 12.7. The number of unbranched alkanes of at least 4 members (excludes halogenated alkanes) is 1. The minimum atomic E-state index is -3.60. The first-order valence-corrected chi connectivity index (χ1v) is 12.2. The van der Waals surface area contributed by atoms with Gasteiger partial charge in [-0.05, 0) is 71.8 Å². The fourth-order valence-electron chi connectivity index (χ4n) is 3.60. The standard InChI is InChI=1S/C24H26ClNO5S/c1-16(15-27)17-5-11-21-18(14-23(24(28)29)22(21)12-6-17)4-2-3-13-26-32(30,31)20-9-7-19(25)8-10-20/h5-12,14,16,26-27H,2-4,13,15H2,1H3,(H,28,29). The maximum atomic E-state index is 12.3. The summed E-state index contributed by atoms with van der Waals surface area (Å²) in [7, 11) is -3.60. The van der Waals surface area contributed by atoms with Crippen molar-refractivity contribution in [3.63, 3.8) is 0 Å². The van der Waals surface area contributed by atoms with E-state index in [1.807, 2.05) is 25.1 Å². The Kier molecular flexibility index (Phi) is 7.90. The summed E-state index contributed by atoms with van der Waals surface area (Å²) in [6, 6.07) is 15.1. The van der Waals surface area contributed by atoms with Crippen LogP contribution >= 0.6 is 11.6 Å². The summed E-state index contributed by atoms with van der Waals surface area (Å²) in [6.45, 7) is 2.20. The Hall–Kier alpha value is -2.45. The number of hydrogen-bond acceptors (Lipinski definition) is 4. The first-order valence-electron chi connectivity index (χ1n) is 10.4. The number of hydrogen-bond donors (Lipinski definition) is 3. The highest BCUT2D eigenvalue weighted by Crippen LogP contribution is 2.34. The Morgan fingerprint density at radius 1 is 1.03 bits per heavy atom. The largest absolute Gasteiger partial charge is 0.478 e. The number of fused-ring (bicyclic) bond motifs is 1. The van der Waals surface area contributed by atoms with Gasteiger partial charge in [-0.2, -0.15) is 0 Å². The molecule has 3 rings (SSSR count). The van der Waals surface area contributed by atoms with E-state index >= 15 is 0 Å². The molecule has 0 amide bonds. The minimum absolute atomic E-state index is 0.0127. The molecule has 3 N–H and O–H groups in total. The zero-order chi connectivity index (χ0) is 23.3. The second-order valence-corrected chi connectivity index (χ2v) is 9.98. The van der Waals surface area contributed by atoms with Crippen molar-refractivity contribution >= 4 is 27.6 Å². The summed E-state index contributed by atoms with van der Waals surface area (Å²) in [5.74, 6) is -1.03. The highest BCUT2D eigenvalue weighted by Gasteiger charge is 2.20. The van der Waals surface area contributed by atoms with E-state index in [0.717, 1.165) is 16.7 Å². The lowest BCUT2D eigenvalue weighted by Gasteiger charge is -2.07. The molecule has 0 saturated carbocycles. The van der Waals surface area contributed by atoms with Crippen LogP contribution in [0.5, 0.6) is 0 Å². The average molecular weight is 476 g/mol. The van der Waals surface area contributed by atoms with Gasteiger partial charge in [0.2, 0.25) is 10.0 Å². The highest BCUT2D eigenvalue weighted by molar-refractivity contribution is 7.89. The molecule has 0 bridgehead atoms. The monoisotopic (exact) mass is 475 g/mol. The van der Waals surface area contributed by atoms with E-state index in [-0.39, 0.29) is 29.5 Å². The Morgan fingerprint density at radius 2 is 1.69 bits per heavy atom. The molecule has 0 radical (unpaired) electrons. The minimum Gasteiger partial charge on any atom is -0.478 e. The van der Waals surface area contributed by atoms with Crippen molar-refractivity contribution in [3.05, 3.63) is 76.3 Å². The fourth-order valence-corrected chi connectivity index (χ4v) is 4.80. The maximum absolute atomic E-state index is 12.3. The molecule has 0 saturated heterocycles. The number of benzene rings is 1. The summed E-state index contributed by atoms with van der Waals surface area (Å²) < 4.78 is 27.3. The number of carboxylic acid groups (broad SMARTS) is 1. The lowest BCUT2D eigenvalue weighted by Crippen LogP contribution is -2.24. The van der Waals surface area contributed by atoms with Crippen LogP contribution in [0.15, 0.2) is 59.5 Å². The van der Waals surface area contributed by atoms with E-state index in [4.69, 9.17) is 11.6 Å². The molecule has 1 atom stereocenters. The predicted octanol–water partition coefficient (Wildman–Crippen LogP) is 4.54. The number of carboxylic acids is 1. The van der Waals surface area contributed by atoms with Gasteiger partial charge < -0.3 is 10.2 Å². The number of aliphatic hydroxyl groups excluding tert-OH is 1. The highest BCUT2D eigenvalue weighted by atomic mass is 35.5. The predicted molar refractivity (Wildman–Crippen MR) is 125 cm³/mol. The number of aliphatic hydroxyl groups is 1. The van der Waals surface area contributed by atoms with Crippen molar-refractivity contribution in [1.82, 2.24) is 4.72 Å². The van der Waals surface area contributed by atoms with Crippen LogP contribution in [0.1, 0.15) is 47.2 Å². The molecular formula is C24H26ClNO5S. The zero-order valence-electron chi connectivity index (χ0n) is 17.7. The Labute approximate surface area is 193 Å². The van der Waals surface area contributed by atoms with E-state index in [1.165, 1.54) is 24.3 Å². The van der Waals surface area contributed by atoms with Crippen LogP contribution in [0.2, 0.25) is 5.02 Å². The number of halogens is 1. The summed E-state index contributed by atoms with van der Waals surface area (Å²) in [6.07, 6.45) is 1.93. The molecule has 1 aromatic carbocycles. The number of aryl methyl sites for hydroxylation is 1. The molecular weight excluding hydrogens is 450 g/mol. The van der Waals surface area contributed by atoms with Gasteiger partial charge >= 0.3 is 5.97 Å². The molecule has 1 unspecified atom stereocenters. The van der Waals surface area contributed by atoms with Crippen molar-refractivity contribution < 1.29 is 23.4 Å². The van der Waals surface area contributed by atoms with Crippen LogP contribution in [0.4, 0.5) is 0 Å². The van der Waals surface area contributed by atoms with Gasteiger partial charge in [-0.15, -0.1) is 0 Å². The van der Waals surface area contributed by atoms with Crippen LogP contribution in [-0.4, -0.2) is 37.8 Å². The molecule has 1 aromatic rings. The fraction of sp³-hybridized carbons (Fsp3) is 0.292. The summed E-state index contributed by atoms with van der Waals surface area (Å²) >= 11 is 5.80. The van der Waals surface area contributed by atoms with E-state index in [9.17, 15) is 23.4 Å². The third-order valence-corrected chi connectivity index (χ3v) is 7.22. The van der Waals surface area contributed by atoms with E-state index in [1.54, 1.807) is 12.1 Å². The summed E-state index contributed by atoms with van der Waals surface area (Å²) in [4.78, 5) is 11.9. The van der Waals surface area contributed by atoms with Crippen LogP contribution in [0, 0.1) is 0 Å². The zero-order valence-corrected chi connectivity index (χ0v) is 19.3. The molecule has 6 nitrogen and oxygen atoms in total. The topological polar surface area (TPSA) is 104 Å². The molecule has 0 heterocycles. The molecule has 0 aliphatic heterocycles. The molecule has 0 aromatic heterocycles. The van der Waals surface area contributed by atoms with Crippen molar-refractivity contribution in [3.8, 4) is 11.1 Å². The van der Waals surface area contributed by atoms with Gasteiger partial charge in [-0.1, -0.05) is 42.8 Å². The van der Waals surface area contributed by atoms with Crippen LogP contribution in [-0.2, 0) is 16.4 Å². The maximum Gasteiger partial charge on any atom is 0.336 e. The SMILES string of the molecule is CC(CO)c1ccc2c(CCCCNS(=O)(=O)c3ccc(Cl)cc3)cc(C(=O)O)c-2cc1. The second kappa shape index (κ2) is 10.4. The first kappa shape index (κ1) is 24.2. The quantitative estimate of drug-likeness (QED) is 0.373. The van der Waals surface area contributed by atoms with Gasteiger partial charge in [0.05, 0.1) is 10.5 Å². The second-order valence-electron chi connectivity index (χ2n) is 7.77. The number of carbonyl (C=O) groups is 1. The van der Waals surface area contributed by atoms with Gasteiger partial charge in [0, 0.05) is 24.1 Å². The lowest BCUT2D eigenvalue weighted by molar-refractivity contribution is 0.0698. The Morgan fingerprint density at radius 3 is 2.31 bits per heavy atom. The van der Waals surface area contributed by atoms with E-state index in [0.29, 0.717) is 29.8 Å². The Balaban J connectivity index is 1.67. The van der Waals surface area contributed by atoms with Crippen molar-refractivity contribution in [2.45, 2.75) is 37.0 Å². The molecule has 2 aliphatic rings. The Bertz CT molecular complexity index is 1160. The van der Waals surface area contributed by atoms with Crippen LogP contribution in [0.25, 0.3) is 11.1 Å². The number of nitrogens with one attached hydrogen (secondary N) is 1. The van der Waals surface area contributed by atoms with Gasteiger partial charge in [0.25, 0.3) is 0 Å². The molecule has 0 spiro atoms. The van der Waals surface area contributed by atoms with E-state index in [2.05, 4.69) is 4.72 Å².